The molecule has 31 nitrogen and oxygen atoms in total. The van der Waals surface area contributed by atoms with Gasteiger partial charge >= 0.3 is 18.0 Å². The molecule has 107 heavy (non-hydrogen) atoms. The molecule has 0 saturated carbocycles. The van der Waals surface area contributed by atoms with Crippen LogP contribution in [0.3, 0.4) is 0 Å². The van der Waals surface area contributed by atoms with Gasteiger partial charge in [-0.25, -0.2) is 28.4 Å². The number of alkyl carbamates (subject to hydrolysis) is 1. The molecule has 7 heterocycles. The summed E-state index contributed by atoms with van der Waals surface area (Å²) in [7, 11) is 1.50. The Balaban J connectivity index is 0.700. The number of aromatic nitrogens is 5. The number of aliphatic hydroxyl groups excluding tert-OH is 3. The standard InChI is InChI=1S/C75H84FN11O20/c1-6-75(101)48-30-54-62-46(35-86(54)70(96)47(48)37-104-73(75)99)61-50(21-20-43-39(4)49(76)31-51(81-62)60(43)61)82-74(100)105-36-40-19-22-55(106-72-67(94)65(92)66(93)68(107-72)71(97)98)42(29-40)32-78-56(88)23-25-77-69(95)52(33-79-57(89)24-26-103-28-27-102-5)80-58(90)17-11-12-18-59(91)85-34-41-13-7-8-14-44(41)64-63(83-84-87(64)38(2)3)45-15-9-10-16-53(45)85/h7-10,13-16,19,22,29-31,38,50,52,65-68,72,92-94,101H,6,11-12,17-18,20-21,23-28,32-37H2,1-5H3,(H,77,95)(H,78,88)(H,79,89)(H,80,90)(H,82,100)(H,97,98). The molecule has 0 radical (unpaired) electrons. The lowest BCUT2D eigenvalue weighted by atomic mass is 9.81. The molecular weight excluding hydrogens is 1390 g/mol. The van der Waals surface area contributed by atoms with Gasteiger partial charge < -0.3 is 90.0 Å². The van der Waals surface area contributed by atoms with Crippen LogP contribution in [0.2, 0.25) is 0 Å². The van der Waals surface area contributed by atoms with E-state index in [-0.39, 0.29) is 149 Å². The number of carbonyl (C=O) groups is 8. The maximum atomic E-state index is 15.7. The quantitative estimate of drug-likeness (QED) is 0.0244. The second kappa shape index (κ2) is 32.6. The van der Waals surface area contributed by atoms with E-state index >= 15 is 4.39 Å². The van der Waals surface area contributed by atoms with Gasteiger partial charge in [0.05, 0.1) is 72.8 Å². The first-order valence-electron chi connectivity index (χ1n) is 35.5. The molecule has 0 spiro atoms. The maximum absolute atomic E-state index is 15.7. The molecule has 1 aliphatic carbocycles. The van der Waals surface area contributed by atoms with Crippen LogP contribution in [-0.2, 0) is 102 Å². The van der Waals surface area contributed by atoms with Gasteiger partial charge in [-0.1, -0.05) is 60.7 Å². The predicted molar refractivity (Wildman–Crippen MR) is 378 cm³/mol. The van der Waals surface area contributed by atoms with Crippen LogP contribution in [0.15, 0.2) is 83.7 Å². The van der Waals surface area contributed by atoms with E-state index in [1.807, 2.05) is 67.1 Å². The van der Waals surface area contributed by atoms with Gasteiger partial charge in [0.1, 0.15) is 54.8 Å². The number of cyclic esters (lactones) is 1. The van der Waals surface area contributed by atoms with Crippen molar-refractivity contribution >= 4 is 64.2 Å². The highest BCUT2D eigenvalue weighted by Crippen LogP contribution is 2.47. The first-order valence-corrected chi connectivity index (χ1v) is 35.5. The molecule has 10 N–H and O–H groups in total. The number of esters is 1. The first-order chi connectivity index (χ1) is 51.4. The molecule has 566 valence electrons. The fourth-order valence-corrected chi connectivity index (χ4v) is 14.2. The number of amides is 6. The van der Waals surface area contributed by atoms with Crippen LogP contribution in [0.4, 0.5) is 14.9 Å². The van der Waals surface area contributed by atoms with Crippen LogP contribution in [0.1, 0.15) is 134 Å². The number of carbonyl (C=O) groups excluding carboxylic acids is 7. The number of para-hydroxylation sites is 1. The number of halogens is 1. The number of nitrogens with one attached hydrogen (secondary N) is 5. The van der Waals surface area contributed by atoms with Crippen molar-refractivity contribution in [3.05, 3.63) is 145 Å². The summed E-state index contributed by atoms with van der Waals surface area (Å²) in [6.07, 6.45) is -10.3. The summed E-state index contributed by atoms with van der Waals surface area (Å²) in [4.78, 5) is 128. The molecule has 7 aromatic rings. The third-order valence-corrected chi connectivity index (χ3v) is 20.0. The number of pyridine rings is 2. The smallest absolute Gasteiger partial charge is 0.407 e. The lowest BCUT2D eigenvalue weighted by Crippen LogP contribution is -2.61. The Morgan fingerprint density at radius 3 is 2.34 bits per heavy atom. The fraction of sp³-hybridized carbons (Fsp3) is 0.440. The van der Waals surface area contributed by atoms with Crippen molar-refractivity contribution in [3.8, 4) is 39.7 Å². The van der Waals surface area contributed by atoms with Crippen LogP contribution in [0.5, 0.6) is 5.75 Å². The number of aliphatic carboxylic acids is 1. The average Bonchev–Trinajstić information content (AvgIpc) is 1.58. The minimum Gasteiger partial charge on any atom is -0.479 e. The van der Waals surface area contributed by atoms with Crippen LogP contribution >= 0.6 is 0 Å². The predicted octanol–water partition coefficient (Wildman–Crippen LogP) is 4.10. The zero-order valence-electron chi connectivity index (χ0n) is 59.5. The minimum absolute atomic E-state index is 0.00584. The van der Waals surface area contributed by atoms with E-state index in [2.05, 4.69) is 36.9 Å². The van der Waals surface area contributed by atoms with E-state index < -0.39 is 108 Å². The molecule has 5 aliphatic rings. The van der Waals surface area contributed by atoms with Crippen molar-refractivity contribution < 1.29 is 96.7 Å². The molecule has 32 heteroatoms. The molecule has 6 amide bonds. The summed E-state index contributed by atoms with van der Waals surface area (Å²) in [5, 5.41) is 76.6. The van der Waals surface area contributed by atoms with Crippen LogP contribution in [0.25, 0.3) is 44.8 Å². The number of unbranched alkanes of at least 4 members (excludes halogenated alkanes) is 1. The molecule has 12 rings (SSSR count). The van der Waals surface area contributed by atoms with Gasteiger partial charge in [-0.05, 0) is 105 Å². The second-order valence-electron chi connectivity index (χ2n) is 27.2. The number of aliphatic hydroxyl groups is 4. The van der Waals surface area contributed by atoms with E-state index in [1.54, 1.807) is 18.7 Å². The Hall–Kier alpha value is -10.6. The summed E-state index contributed by atoms with van der Waals surface area (Å²) in [6, 6.07) is 20.2. The number of carboxylic acid groups (broad SMARTS) is 1. The summed E-state index contributed by atoms with van der Waals surface area (Å²) in [5.74, 6) is -5.86. The van der Waals surface area contributed by atoms with E-state index in [9.17, 15) is 68.7 Å². The van der Waals surface area contributed by atoms with E-state index in [0.29, 0.717) is 64.0 Å². The third kappa shape index (κ3) is 15.8. The summed E-state index contributed by atoms with van der Waals surface area (Å²) in [5.41, 5.74) is 5.61. The molecule has 1 fully saturated rings. The number of fused-ring (bicyclic) bond motifs is 10. The number of hydrogen-bond donors (Lipinski definition) is 10. The highest BCUT2D eigenvalue weighted by molar-refractivity contribution is 6.00. The number of ether oxygens (including phenoxy) is 6. The lowest BCUT2D eigenvalue weighted by molar-refractivity contribution is -0.271. The molecule has 0 bridgehead atoms. The zero-order valence-corrected chi connectivity index (χ0v) is 59.5. The summed E-state index contributed by atoms with van der Waals surface area (Å²) < 4.78 is 51.8. The Bertz CT molecular complexity index is 4700. The number of hydrogen-bond acceptors (Lipinski definition) is 22. The Labute approximate surface area is 612 Å². The molecule has 8 unspecified atom stereocenters. The van der Waals surface area contributed by atoms with Crippen molar-refractivity contribution in [1.82, 2.24) is 51.1 Å². The second-order valence-corrected chi connectivity index (χ2v) is 27.2. The van der Waals surface area contributed by atoms with Crippen molar-refractivity contribution in [2.45, 2.75) is 173 Å². The van der Waals surface area contributed by atoms with Crippen LogP contribution in [-0.4, -0.2) is 174 Å². The van der Waals surface area contributed by atoms with Gasteiger partial charge in [0.15, 0.2) is 11.7 Å². The lowest BCUT2D eigenvalue weighted by Gasteiger charge is -2.38. The molecule has 4 aromatic carbocycles. The normalized spacial score (nSPS) is 19.8. The van der Waals surface area contributed by atoms with Crippen LogP contribution in [0, 0.1) is 12.7 Å². The number of anilines is 1. The zero-order chi connectivity index (χ0) is 76.1. The minimum atomic E-state index is -2.11. The number of aryl methyl sites for hydroxylation is 1. The van der Waals surface area contributed by atoms with Gasteiger partial charge in [-0.15, -0.1) is 5.10 Å². The van der Waals surface area contributed by atoms with Crippen molar-refractivity contribution in [2.24, 2.45) is 0 Å². The van der Waals surface area contributed by atoms with Gasteiger partial charge in [-0.3, -0.25) is 28.8 Å². The van der Waals surface area contributed by atoms with Crippen LogP contribution < -0.4 is 41.8 Å². The Kier molecular flexibility index (Phi) is 23.2. The van der Waals surface area contributed by atoms with E-state index in [1.165, 1.54) is 42.0 Å². The number of benzene rings is 4. The molecular formula is C75H84FN11O20. The highest BCUT2D eigenvalue weighted by atomic mass is 19.1. The molecule has 8 atom stereocenters. The van der Waals surface area contributed by atoms with Gasteiger partial charge in [0.2, 0.25) is 35.8 Å². The van der Waals surface area contributed by atoms with Crippen molar-refractivity contribution in [2.75, 3.05) is 44.9 Å². The summed E-state index contributed by atoms with van der Waals surface area (Å²) >= 11 is 0. The maximum Gasteiger partial charge on any atom is 0.407 e. The average molecular weight is 1480 g/mol. The molecule has 3 aromatic heterocycles. The van der Waals surface area contributed by atoms with Crippen molar-refractivity contribution in [1.29, 1.82) is 0 Å². The highest BCUT2D eigenvalue weighted by Gasteiger charge is 2.49. The third-order valence-electron chi connectivity index (χ3n) is 20.0. The largest absolute Gasteiger partial charge is 0.479 e. The number of carboxylic acids is 1. The first kappa shape index (κ1) is 76.1. The number of nitrogens with zero attached hydrogens (tertiary/aromatic N) is 6. The van der Waals surface area contributed by atoms with Gasteiger partial charge in [-0.2, -0.15) is 0 Å². The Morgan fingerprint density at radius 2 is 1.57 bits per heavy atom. The Morgan fingerprint density at radius 1 is 0.813 bits per heavy atom. The molecule has 1 saturated heterocycles. The summed E-state index contributed by atoms with van der Waals surface area (Å²) in [6.45, 7) is 6.29. The fourth-order valence-electron chi connectivity index (χ4n) is 14.2. The van der Waals surface area contributed by atoms with Crippen molar-refractivity contribution in [3.63, 3.8) is 0 Å². The van der Waals surface area contributed by atoms with E-state index in [0.717, 1.165) is 22.4 Å². The topological polar surface area (TPSA) is 422 Å². The van der Waals surface area contributed by atoms with Gasteiger partial charge in [0.25, 0.3) is 5.56 Å². The molecule has 4 aliphatic heterocycles. The number of rotatable bonds is 28. The SMILES string of the molecule is CCC1(O)C(=O)OCc2c1cc1n(c2=O)Cc2c-1nc1cc(F)c(C)c3c1c2C(NC(=O)OCc1ccc(OC2OC(C(=O)O)C(O)C(O)C2O)c(CNC(=O)CCNC(=O)C(CNC(=O)CCOCCOC)NC(=O)CCCCC(=O)N2Cc4ccccc4-c4c(nnn4C(C)C)-c4ccccc42)c1)CC3. The monoisotopic (exact) mass is 1480 g/mol. The number of methoxy groups -OCH3 is 1. The van der Waals surface area contributed by atoms with E-state index in [4.69, 9.17) is 33.4 Å². The van der Waals surface area contributed by atoms with Gasteiger partial charge in [0, 0.05) is 97.7 Å².